The van der Waals surface area contributed by atoms with Crippen molar-refractivity contribution < 1.29 is 4.84 Å². The molecule has 2 rings (SSSR count). The smallest absolute Gasteiger partial charge is 0.249 e. The molecule has 0 unspecified atom stereocenters. The molecule has 1 aliphatic rings. The first-order chi connectivity index (χ1) is 5.43. The average molecular weight is 214 g/mol. The Kier molecular flexibility index (Phi) is 3.69. The van der Waals surface area contributed by atoms with Gasteiger partial charge in [-0.05, 0) is 10.7 Å². The molecule has 0 spiro atoms. The van der Waals surface area contributed by atoms with Crippen molar-refractivity contribution in [2.75, 3.05) is 0 Å². The van der Waals surface area contributed by atoms with E-state index in [1.165, 1.54) is 12.0 Å². The predicted octanol–water partition coefficient (Wildman–Crippen LogP) is 2.54. The molecule has 0 saturated carbocycles. The van der Waals surface area contributed by atoms with E-state index in [2.05, 4.69) is 38.1 Å². The third kappa shape index (κ3) is 4.56. The van der Waals surface area contributed by atoms with Crippen molar-refractivity contribution in [3.05, 3.63) is 35.9 Å². The van der Waals surface area contributed by atoms with Gasteiger partial charge in [0.05, 0.1) is 0 Å². The first-order valence-corrected chi connectivity index (χ1v) is 4.33. The Morgan fingerprint density at radius 3 is 2.09 bits per heavy atom. The van der Waals surface area contributed by atoms with Gasteiger partial charge in [0.15, 0.2) is 0 Å². The van der Waals surface area contributed by atoms with Crippen LogP contribution in [0.3, 0.4) is 0 Å². The molecular weight excluding hydrogens is 206 g/mol. The van der Waals surface area contributed by atoms with Crippen LogP contribution in [0.25, 0.3) is 0 Å². The highest BCUT2D eigenvalue weighted by atomic mass is 79.9. The molecule has 2 nitrogen and oxygen atoms in total. The number of rotatable bonds is 1. The van der Waals surface area contributed by atoms with Crippen LogP contribution in [0.2, 0.25) is 0 Å². The second kappa shape index (κ2) is 4.91. The summed E-state index contributed by atoms with van der Waals surface area (Å²) in [5.74, 6) is 0. The number of hydrogen-bond acceptors (Lipinski definition) is 2. The molecule has 0 saturated heterocycles. The number of halogens is 1. The molecule has 0 radical (unpaired) electrons. The first kappa shape index (κ1) is 8.27. The maximum atomic E-state index is 4.00. The van der Waals surface area contributed by atoms with Gasteiger partial charge in [0.2, 0.25) is 6.40 Å². The van der Waals surface area contributed by atoms with Crippen LogP contribution in [0.5, 0.6) is 0 Å². The Morgan fingerprint density at radius 1 is 1.27 bits per heavy atom. The van der Waals surface area contributed by atoms with E-state index in [-0.39, 0.29) is 0 Å². The molecule has 0 atom stereocenters. The van der Waals surface area contributed by atoms with E-state index in [0.29, 0.717) is 0 Å². The van der Waals surface area contributed by atoms with E-state index in [1.807, 2.05) is 18.2 Å². The Balaban J connectivity index is 0.000000167. The largest absolute Gasteiger partial charge is 0.338 e. The number of oxime groups is 1. The van der Waals surface area contributed by atoms with Crippen LogP contribution in [0.15, 0.2) is 35.5 Å². The third-order valence-electron chi connectivity index (χ3n) is 1.10. The normalized spacial score (nSPS) is 11.0. The number of alkyl halides is 1. The van der Waals surface area contributed by atoms with Gasteiger partial charge >= 0.3 is 0 Å². The maximum Gasteiger partial charge on any atom is 0.249 e. The van der Waals surface area contributed by atoms with Crippen LogP contribution in [0, 0.1) is 0 Å². The summed E-state index contributed by atoms with van der Waals surface area (Å²) in [6, 6.07) is 10.3. The number of benzene rings is 1. The van der Waals surface area contributed by atoms with Gasteiger partial charge in [-0.2, -0.15) is 0 Å². The molecule has 0 aliphatic carbocycles. The lowest BCUT2D eigenvalue weighted by Gasteiger charge is -1.88. The maximum absolute atomic E-state index is 4.00. The summed E-state index contributed by atoms with van der Waals surface area (Å²) in [7, 11) is 0. The van der Waals surface area contributed by atoms with Gasteiger partial charge in [-0.1, -0.05) is 46.3 Å². The fraction of sp³-hybridized carbons (Fsp3) is 0.125. The van der Waals surface area contributed by atoms with Gasteiger partial charge in [0, 0.05) is 5.33 Å². The Morgan fingerprint density at radius 2 is 1.82 bits per heavy atom. The lowest BCUT2D eigenvalue weighted by Crippen LogP contribution is -1.70. The van der Waals surface area contributed by atoms with E-state index in [4.69, 9.17) is 0 Å². The van der Waals surface area contributed by atoms with Crippen molar-refractivity contribution >= 4 is 22.3 Å². The molecule has 0 aromatic heterocycles. The topological polar surface area (TPSA) is 24.9 Å². The zero-order valence-corrected chi connectivity index (χ0v) is 7.49. The van der Waals surface area contributed by atoms with Crippen molar-refractivity contribution in [2.24, 2.45) is 5.16 Å². The highest BCUT2D eigenvalue weighted by Gasteiger charge is 1.81. The minimum atomic E-state index is 0.952. The zero-order valence-electron chi connectivity index (χ0n) is 5.90. The third-order valence-corrected chi connectivity index (χ3v) is 1.75. The predicted molar refractivity (Wildman–Crippen MR) is 48.7 cm³/mol. The van der Waals surface area contributed by atoms with Gasteiger partial charge in [0.1, 0.15) is 0 Å². The number of hydrogen-bond donors (Lipinski definition) is 0. The second-order valence-electron chi connectivity index (χ2n) is 1.94. The lowest BCUT2D eigenvalue weighted by atomic mass is 10.2. The summed E-state index contributed by atoms with van der Waals surface area (Å²) in [6.45, 7) is 0. The summed E-state index contributed by atoms with van der Waals surface area (Å²) in [5, 5.41) is 4.08. The standard InChI is InChI=1S/C7H7Br.CHNO/c8-6-7-4-2-1-3-5-7;1-2-3-1/h1-5H,6H2;1H. The van der Waals surface area contributed by atoms with Gasteiger partial charge in [-0.25, -0.2) is 0 Å². The summed E-state index contributed by atoms with van der Waals surface area (Å²) in [6.07, 6.45) is 1.38. The molecule has 0 amide bonds. The fourth-order valence-electron chi connectivity index (χ4n) is 0.567. The molecule has 1 heterocycles. The fourth-order valence-corrected chi connectivity index (χ4v) is 0.941. The van der Waals surface area contributed by atoms with Gasteiger partial charge in [-0.3, -0.25) is 0 Å². The van der Waals surface area contributed by atoms with Gasteiger partial charge in [0.25, 0.3) is 0 Å². The Bertz CT molecular complexity index is 219. The molecule has 1 aromatic rings. The molecule has 58 valence electrons. The van der Waals surface area contributed by atoms with E-state index in [1.54, 1.807) is 0 Å². The molecule has 1 aliphatic heterocycles. The summed E-state index contributed by atoms with van der Waals surface area (Å²) in [5.41, 5.74) is 1.33. The highest BCUT2D eigenvalue weighted by Crippen LogP contribution is 2.02. The van der Waals surface area contributed by atoms with E-state index >= 15 is 0 Å². The monoisotopic (exact) mass is 213 g/mol. The van der Waals surface area contributed by atoms with Crippen LogP contribution in [-0.2, 0) is 10.2 Å². The Labute approximate surface area is 74.0 Å². The highest BCUT2D eigenvalue weighted by molar-refractivity contribution is 9.08. The van der Waals surface area contributed by atoms with Crippen LogP contribution >= 0.6 is 15.9 Å². The van der Waals surface area contributed by atoms with E-state index < -0.39 is 0 Å². The second-order valence-corrected chi connectivity index (χ2v) is 2.50. The van der Waals surface area contributed by atoms with Crippen molar-refractivity contribution in [2.45, 2.75) is 5.33 Å². The van der Waals surface area contributed by atoms with Gasteiger partial charge in [-0.15, -0.1) is 0 Å². The Hall–Kier alpha value is -0.830. The van der Waals surface area contributed by atoms with E-state index in [9.17, 15) is 0 Å². The zero-order chi connectivity index (χ0) is 7.94. The van der Waals surface area contributed by atoms with Crippen LogP contribution in [0.1, 0.15) is 5.56 Å². The quantitative estimate of drug-likeness (QED) is 0.659. The van der Waals surface area contributed by atoms with Crippen molar-refractivity contribution in [1.82, 2.24) is 0 Å². The minimum absolute atomic E-state index is 0.952. The lowest BCUT2D eigenvalue weighted by molar-refractivity contribution is 0.477. The van der Waals surface area contributed by atoms with Crippen LogP contribution < -0.4 is 0 Å². The van der Waals surface area contributed by atoms with Crippen LogP contribution in [0.4, 0.5) is 0 Å². The van der Waals surface area contributed by atoms with Crippen molar-refractivity contribution in [1.29, 1.82) is 0 Å². The van der Waals surface area contributed by atoms with E-state index in [0.717, 1.165) is 5.33 Å². The minimum Gasteiger partial charge on any atom is -0.338 e. The molecule has 1 aromatic carbocycles. The number of nitrogens with zero attached hydrogens (tertiary/aromatic N) is 1. The molecular formula is C8H8BrNO. The first-order valence-electron chi connectivity index (χ1n) is 3.21. The average Bonchev–Trinajstić information content (AvgIpc) is 2.92. The molecule has 11 heavy (non-hydrogen) atoms. The summed E-state index contributed by atoms with van der Waals surface area (Å²) >= 11 is 3.36. The van der Waals surface area contributed by atoms with Gasteiger partial charge < -0.3 is 4.84 Å². The SMILES string of the molecule is BrCc1ccccc1.C1=NO1. The summed E-state index contributed by atoms with van der Waals surface area (Å²) < 4.78 is 0. The molecule has 3 heteroatoms. The van der Waals surface area contributed by atoms with Crippen LogP contribution in [-0.4, -0.2) is 6.40 Å². The van der Waals surface area contributed by atoms with Crippen molar-refractivity contribution in [3.63, 3.8) is 0 Å². The molecule has 0 N–H and O–H groups in total. The molecule has 0 bridgehead atoms. The summed E-state index contributed by atoms with van der Waals surface area (Å²) in [4.78, 5) is 4.00. The molecule has 0 fully saturated rings. The van der Waals surface area contributed by atoms with Crippen molar-refractivity contribution in [3.8, 4) is 0 Å².